The number of carbonyl (C=O) groups excluding carboxylic acids is 2. The molecule has 7 heteroatoms. The normalized spacial score (nSPS) is 14.4. The molecule has 3 aromatic rings. The molecule has 0 saturated heterocycles. The highest BCUT2D eigenvalue weighted by Crippen LogP contribution is 2.36. The molecule has 1 unspecified atom stereocenters. The molecule has 1 aliphatic carbocycles. The number of benzene rings is 2. The van der Waals surface area contributed by atoms with Crippen molar-refractivity contribution in [2.75, 3.05) is 19.1 Å². The van der Waals surface area contributed by atoms with Crippen LogP contribution in [0.25, 0.3) is 0 Å². The summed E-state index contributed by atoms with van der Waals surface area (Å²) in [4.78, 5) is 30.2. The summed E-state index contributed by atoms with van der Waals surface area (Å²) in [5, 5.41) is 5.17. The van der Waals surface area contributed by atoms with Gasteiger partial charge in [0.05, 0.1) is 20.6 Å². The van der Waals surface area contributed by atoms with E-state index in [0.717, 1.165) is 41.7 Å². The Bertz CT molecular complexity index is 1140. The van der Waals surface area contributed by atoms with Gasteiger partial charge in [-0.2, -0.15) is 0 Å². The Balaban J connectivity index is 1.80. The van der Waals surface area contributed by atoms with Gasteiger partial charge in [-0.25, -0.2) is 0 Å². The lowest BCUT2D eigenvalue weighted by atomic mass is 10.0. The van der Waals surface area contributed by atoms with Crippen molar-refractivity contribution < 1.29 is 19.1 Å². The van der Waals surface area contributed by atoms with Crippen LogP contribution in [0.15, 0.2) is 60.0 Å². The number of anilines is 1. The molecule has 0 radical (unpaired) electrons. The highest BCUT2D eigenvalue weighted by Gasteiger charge is 2.34. The first-order chi connectivity index (χ1) is 17.0. The number of hydrogen-bond donors (Lipinski definition) is 1. The van der Waals surface area contributed by atoms with Crippen LogP contribution in [0.1, 0.15) is 47.7 Å². The molecule has 2 aromatic carbocycles. The van der Waals surface area contributed by atoms with E-state index in [9.17, 15) is 9.59 Å². The molecule has 1 heterocycles. The number of rotatable bonds is 9. The van der Waals surface area contributed by atoms with Crippen LogP contribution in [0, 0.1) is 6.92 Å². The predicted octanol–water partition coefficient (Wildman–Crippen LogP) is 5.45. The number of thiophene rings is 1. The number of methoxy groups -OCH3 is 2. The fraction of sp³-hybridized carbons (Fsp3) is 0.357. The van der Waals surface area contributed by atoms with E-state index in [1.807, 2.05) is 48.7 Å². The molecule has 1 N–H and O–H groups in total. The summed E-state index contributed by atoms with van der Waals surface area (Å²) in [5.74, 6) is 0.726. The zero-order valence-electron chi connectivity index (χ0n) is 20.5. The zero-order valence-corrected chi connectivity index (χ0v) is 21.3. The van der Waals surface area contributed by atoms with E-state index in [1.165, 1.54) is 11.3 Å². The number of aryl methyl sites for hydroxylation is 1. The van der Waals surface area contributed by atoms with Gasteiger partial charge in [-0.1, -0.05) is 48.7 Å². The van der Waals surface area contributed by atoms with Crippen LogP contribution < -0.4 is 19.7 Å². The lowest BCUT2D eigenvalue weighted by Crippen LogP contribution is -2.46. The number of carbonyl (C=O) groups is 2. The Hall–Kier alpha value is -3.32. The van der Waals surface area contributed by atoms with Gasteiger partial charge in [0.2, 0.25) is 11.8 Å². The van der Waals surface area contributed by atoms with E-state index < -0.39 is 6.04 Å². The van der Waals surface area contributed by atoms with Gasteiger partial charge in [0.15, 0.2) is 11.5 Å². The Labute approximate surface area is 210 Å². The predicted molar refractivity (Wildman–Crippen MR) is 139 cm³/mol. The minimum Gasteiger partial charge on any atom is -0.493 e. The summed E-state index contributed by atoms with van der Waals surface area (Å²) in [6.45, 7) is 2.01. The number of hydrogen-bond acceptors (Lipinski definition) is 5. The van der Waals surface area contributed by atoms with E-state index in [4.69, 9.17) is 9.47 Å². The van der Waals surface area contributed by atoms with E-state index in [-0.39, 0.29) is 24.3 Å². The van der Waals surface area contributed by atoms with E-state index >= 15 is 0 Å². The molecule has 1 aromatic heterocycles. The van der Waals surface area contributed by atoms with Crippen LogP contribution in [0.2, 0.25) is 0 Å². The van der Waals surface area contributed by atoms with Crippen LogP contribution >= 0.6 is 11.3 Å². The molecule has 1 fully saturated rings. The lowest BCUT2D eigenvalue weighted by Gasteiger charge is -2.33. The largest absolute Gasteiger partial charge is 0.493 e. The third-order valence-corrected chi connectivity index (χ3v) is 7.30. The molecule has 35 heavy (non-hydrogen) atoms. The smallest absolute Gasteiger partial charge is 0.248 e. The second kappa shape index (κ2) is 11.4. The lowest BCUT2D eigenvalue weighted by molar-refractivity contribution is -0.127. The third kappa shape index (κ3) is 5.85. The Morgan fingerprint density at radius 1 is 1.03 bits per heavy atom. The third-order valence-electron chi connectivity index (χ3n) is 6.42. The van der Waals surface area contributed by atoms with E-state index in [2.05, 4.69) is 5.32 Å². The maximum absolute atomic E-state index is 13.9. The van der Waals surface area contributed by atoms with Crippen molar-refractivity contribution in [1.82, 2.24) is 5.32 Å². The summed E-state index contributed by atoms with van der Waals surface area (Å²) >= 11 is 1.53. The van der Waals surface area contributed by atoms with Gasteiger partial charge in [0.1, 0.15) is 6.04 Å². The SMILES string of the molecule is COc1ccc(N(C(=O)Cc2cccs2)C(C(=O)NC2CCCC2)c2ccc(C)cc2)cc1OC. The molecule has 0 aliphatic heterocycles. The van der Waals surface area contributed by atoms with Crippen molar-refractivity contribution in [3.05, 3.63) is 76.0 Å². The molecular weight excluding hydrogens is 460 g/mol. The zero-order chi connectivity index (χ0) is 24.8. The number of ether oxygens (including phenoxy) is 2. The van der Waals surface area contributed by atoms with Crippen molar-refractivity contribution in [1.29, 1.82) is 0 Å². The van der Waals surface area contributed by atoms with Crippen LogP contribution in [0.5, 0.6) is 11.5 Å². The second-order valence-corrected chi connectivity index (χ2v) is 9.89. The van der Waals surface area contributed by atoms with Crippen molar-refractivity contribution >= 4 is 28.8 Å². The topological polar surface area (TPSA) is 67.9 Å². The van der Waals surface area contributed by atoms with Crippen LogP contribution in [0.3, 0.4) is 0 Å². The number of nitrogens with zero attached hydrogens (tertiary/aromatic N) is 1. The molecular formula is C28H32N2O4S. The molecule has 0 spiro atoms. The number of amides is 2. The van der Waals surface area contributed by atoms with Gasteiger partial charge in [-0.15, -0.1) is 11.3 Å². The first kappa shape index (κ1) is 24.8. The van der Waals surface area contributed by atoms with Gasteiger partial charge in [-0.3, -0.25) is 14.5 Å². The molecule has 6 nitrogen and oxygen atoms in total. The Morgan fingerprint density at radius 2 is 1.74 bits per heavy atom. The van der Waals surface area contributed by atoms with Gasteiger partial charge >= 0.3 is 0 Å². The molecule has 184 valence electrons. The van der Waals surface area contributed by atoms with E-state index in [1.54, 1.807) is 37.3 Å². The van der Waals surface area contributed by atoms with Gasteiger partial charge in [0.25, 0.3) is 0 Å². The minimum atomic E-state index is -0.818. The van der Waals surface area contributed by atoms with Crippen LogP contribution in [-0.4, -0.2) is 32.1 Å². The Kier molecular flexibility index (Phi) is 8.08. The summed E-state index contributed by atoms with van der Waals surface area (Å²) in [6.07, 6.45) is 4.34. The maximum Gasteiger partial charge on any atom is 0.248 e. The van der Waals surface area contributed by atoms with Gasteiger partial charge in [-0.05, 0) is 48.9 Å². The highest BCUT2D eigenvalue weighted by molar-refractivity contribution is 7.10. The molecule has 1 saturated carbocycles. The van der Waals surface area contributed by atoms with Gasteiger partial charge < -0.3 is 14.8 Å². The Morgan fingerprint density at radius 3 is 2.37 bits per heavy atom. The van der Waals surface area contributed by atoms with Gasteiger partial charge in [0, 0.05) is 22.7 Å². The molecule has 0 bridgehead atoms. The monoisotopic (exact) mass is 492 g/mol. The average molecular weight is 493 g/mol. The molecule has 1 aliphatic rings. The maximum atomic E-state index is 13.9. The van der Waals surface area contributed by atoms with Crippen LogP contribution in [-0.2, 0) is 16.0 Å². The standard InChI is InChI=1S/C28H32N2O4S/c1-19-10-12-20(13-11-19)27(28(32)29-21-7-4-5-8-21)30(26(31)18-23-9-6-16-35-23)22-14-15-24(33-2)25(17-22)34-3/h6,9-17,21,27H,4-5,7-8,18H2,1-3H3,(H,29,32). The minimum absolute atomic E-state index is 0.134. The first-order valence-electron chi connectivity index (χ1n) is 11.9. The molecule has 2 amide bonds. The summed E-state index contributed by atoms with van der Waals surface area (Å²) in [7, 11) is 3.13. The summed E-state index contributed by atoms with van der Waals surface area (Å²) < 4.78 is 10.9. The van der Waals surface area contributed by atoms with Crippen LogP contribution in [0.4, 0.5) is 5.69 Å². The first-order valence-corrected chi connectivity index (χ1v) is 12.8. The fourth-order valence-corrected chi connectivity index (χ4v) is 5.27. The summed E-state index contributed by atoms with van der Waals surface area (Å²) in [6, 6.07) is 16.3. The highest BCUT2D eigenvalue weighted by atomic mass is 32.1. The van der Waals surface area contributed by atoms with Crippen molar-refractivity contribution in [3.63, 3.8) is 0 Å². The quantitative estimate of drug-likeness (QED) is 0.431. The summed E-state index contributed by atoms with van der Waals surface area (Å²) in [5.41, 5.74) is 2.43. The van der Waals surface area contributed by atoms with Crippen molar-refractivity contribution in [2.24, 2.45) is 0 Å². The molecule has 4 rings (SSSR count). The fourth-order valence-electron chi connectivity index (χ4n) is 4.58. The van der Waals surface area contributed by atoms with E-state index in [0.29, 0.717) is 17.2 Å². The second-order valence-electron chi connectivity index (χ2n) is 8.86. The van der Waals surface area contributed by atoms with Crippen molar-refractivity contribution in [2.45, 2.75) is 51.1 Å². The van der Waals surface area contributed by atoms with Crippen molar-refractivity contribution in [3.8, 4) is 11.5 Å². The molecule has 1 atom stereocenters. The number of nitrogens with one attached hydrogen (secondary N) is 1. The average Bonchev–Trinajstić information content (AvgIpc) is 3.57.